The fourth-order valence-electron chi connectivity index (χ4n) is 1.62. The molecule has 0 spiro atoms. The normalized spacial score (nSPS) is 12.4. The number of carbonyl (C=O) groups is 1. The zero-order valence-electron chi connectivity index (χ0n) is 10.0. The standard InChI is InChI=1S/C10H22N4O2/c1-3-14(4-2)8(9(15)16)6-5-7-13-10(11)12/h8H,3-7H2,1-2H3,(H,15,16)(H4,11,12,13)/t8-/m0/s1. The topological polar surface area (TPSA) is 105 Å². The van der Waals surface area contributed by atoms with E-state index in [0.717, 1.165) is 13.1 Å². The van der Waals surface area contributed by atoms with Crippen molar-refractivity contribution >= 4 is 11.9 Å². The summed E-state index contributed by atoms with van der Waals surface area (Å²) in [6, 6.07) is -0.441. The molecule has 0 saturated heterocycles. The van der Waals surface area contributed by atoms with Crippen LogP contribution in [0, 0.1) is 0 Å². The Bertz CT molecular complexity index is 235. The number of likely N-dealkylation sites (N-methyl/N-ethyl adjacent to an activating group) is 1. The second-order valence-corrected chi connectivity index (χ2v) is 3.52. The van der Waals surface area contributed by atoms with Crippen LogP contribution in [0.1, 0.15) is 26.7 Å². The van der Waals surface area contributed by atoms with Gasteiger partial charge in [-0.25, -0.2) is 0 Å². The Morgan fingerprint density at radius 1 is 1.38 bits per heavy atom. The molecule has 0 aromatic heterocycles. The van der Waals surface area contributed by atoms with Crippen LogP contribution >= 0.6 is 0 Å². The maximum absolute atomic E-state index is 11.1. The molecule has 0 bridgehead atoms. The van der Waals surface area contributed by atoms with Gasteiger partial charge in [-0.05, 0) is 25.9 Å². The van der Waals surface area contributed by atoms with Crippen molar-refractivity contribution in [1.29, 1.82) is 0 Å². The Kier molecular flexibility index (Phi) is 7.28. The van der Waals surface area contributed by atoms with Gasteiger partial charge in [0, 0.05) is 6.54 Å². The molecule has 0 amide bonds. The predicted molar refractivity (Wildman–Crippen MR) is 64.3 cm³/mol. The van der Waals surface area contributed by atoms with Gasteiger partial charge in [0.15, 0.2) is 5.96 Å². The molecule has 1 atom stereocenters. The molecule has 0 fully saturated rings. The van der Waals surface area contributed by atoms with E-state index in [2.05, 4.69) is 4.99 Å². The Labute approximate surface area is 96.3 Å². The molecular weight excluding hydrogens is 208 g/mol. The van der Waals surface area contributed by atoms with Crippen molar-refractivity contribution in [3.05, 3.63) is 0 Å². The van der Waals surface area contributed by atoms with Crippen LogP contribution in [0.5, 0.6) is 0 Å². The summed E-state index contributed by atoms with van der Waals surface area (Å²) < 4.78 is 0. The molecular formula is C10H22N4O2. The molecule has 0 aromatic carbocycles. The summed E-state index contributed by atoms with van der Waals surface area (Å²) in [6.07, 6.45) is 1.24. The third kappa shape index (κ3) is 5.55. The highest BCUT2D eigenvalue weighted by Crippen LogP contribution is 2.07. The Balaban J connectivity index is 4.14. The molecule has 0 aliphatic carbocycles. The molecule has 0 radical (unpaired) electrons. The fraction of sp³-hybridized carbons (Fsp3) is 0.800. The highest BCUT2D eigenvalue weighted by molar-refractivity contribution is 5.75. The number of hydrogen-bond donors (Lipinski definition) is 3. The third-order valence-corrected chi connectivity index (χ3v) is 2.47. The van der Waals surface area contributed by atoms with Gasteiger partial charge in [0.1, 0.15) is 6.04 Å². The van der Waals surface area contributed by atoms with Crippen LogP contribution in [-0.2, 0) is 4.79 Å². The van der Waals surface area contributed by atoms with E-state index in [4.69, 9.17) is 16.6 Å². The fourth-order valence-corrected chi connectivity index (χ4v) is 1.62. The molecule has 94 valence electrons. The van der Waals surface area contributed by atoms with Gasteiger partial charge < -0.3 is 16.6 Å². The van der Waals surface area contributed by atoms with Crippen LogP contribution in [0.25, 0.3) is 0 Å². The molecule has 0 aliphatic rings. The molecule has 0 saturated carbocycles. The lowest BCUT2D eigenvalue weighted by Gasteiger charge is -2.25. The summed E-state index contributed by atoms with van der Waals surface area (Å²) in [5, 5.41) is 9.09. The molecule has 0 rings (SSSR count). The lowest BCUT2D eigenvalue weighted by molar-refractivity contribution is -0.143. The van der Waals surface area contributed by atoms with Gasteiger partial charge in [0.25, 0.3) is 0 Å². The van der Waals surface area contributed by atoms with Crippen LogP contribution < -0.4 is 11.5 Å². The minimum Gasteiger partial charge on any atom is -0.480 e. The molecule has 0 heterocycles. The van der Waals surface area contributed by atoms with Crippen molar-refractivity contribution in [1.82, 2.24) is 4.90 Å². The summed E-state index contributed by atoms with van der Waals surface area (Å²) in [7, 11) is 0. The number of hydrogen-bond acceptors (Lipinski definition) is 3. The van der Waals surface area contributed by atoms with Crippen LogP contribution in [0.15, 0.2) is 4.99 Å². The van der Waals surface area contributed by atoms with E-state index in [1.165, 1.54) is 0 Å². The molecule has 0 unspecified atom stereocenters. The lowest BCUT2D eigenvalue weighted by Crippen LogP contribution is -2.41. The number of guanidine groups is 1. The van der Waals surface area contributed by atoms with Crippen molar-refractivity contribution in [3.63, 3.8) is 0 Å². The van der Waals surface area contributed by atoms with Gasteiger partial charge in [0.05, 0.1) is 0 Å². The third-order valence-electron chi connectivity index (χ3n) is 2.47. The van der Waals surface area contributed by atoms with Crippen LogP contribution in [0.4, 0.5) is 0 Å². The first-order valence-electron chi connectivity index (χ1n) is 5.55. The van der Waals surface area contributed by atoms with Crippen LogP contribution in [0.2, 0.25) is 0 Å². The Hall–Kier alpha value is -1.30. The van der Waals surface area contributed by atoms with E-state index in [0.29, 0.717) is 19.4 Å². The largest absolute Gasteiger partial charge is 0.480 e. The maximum Gasteiger partial charge on any atom is 0.320 e. The second-order valence-electron chi connectivity index (χ2n) is 3.52. The van der Waals surface area contributed by atoms with Crippen LogP contribution in [0.3, 0.4) is 0 Å². The number of carboxylic acid groups (broad SMARTS) is 1. The van der Waals surface area contributed by atoms with E-state index >= 15 is 0 Å². The van der Waals surface area contributed by atoms with Gasteiger partial charge in [-0.3, -0.25) is 14.7 Å². The maximum atomic E-state index is 11.1. The predicted octanol–water partition coefficient (Wildman–Crippen LogP) is -0.165. The summed E-state index contributed by atoms with van der Waals surface area (Å²) >= 11 is 0. The minimum atomic E-state index is -0.784. The minimum absolute atomic E-state index is 0.0507. The molecule has 6 heteroatoms. The Morgan fingerprint density at radius 3 is 2.31 bits per heavy atom. The quantitative estimate of drug-likeness (QED) is 0.305. The summed E-state index contributed by atoms with van der Waals surface area (Å²) in [5.74, 6) is -0.733. The molecule has 0 aromatic rings. The van der Waals surface area contributed by atoms with Gasteiger partial charge >= 0.3 is 5.97 Å². The average molecular weight is 230 g/mol. The smallest absolute Gasteiger partial charge is 0.320 e. The zero-order chi connectivity index (χ0) is 12.6. The van der Waals surface area contributed by atoms with Gasteiger partial charge in [-0.2, -0.15) is 0 Å². The number of rotatable bonds is 8. The number of aliphatic imine (C=N–C) groups is 1. The molecule has 0 aliphatic heterocycles. The van der Waals surface area contributed by atoms with Crippen molar-refractivity contribution in [2.75, 3.05) is 19.6 Å². The summed E-state index contributed by atoms with van der Waals surface area (Å²) in [4.78, 5) is 16.8. The summed E-state index contributed by atoms with van der Waals surface area (Å²) in [6.45, 7) is 5.85. The first kappa shape index (κ1) is 14.7. The lowest BCUT2D eigenvalue weighted by atomic mass is 10.1. The Morgan fingerprint density at radius 2 is 1.94 bits per heavy atom. The molecule has 5 N–H and O–H groups in total. The van der Waals surface area contributed by atoms with E-state index in [-0.39, 0.29) is 5.96 Å². The highest BCUT2D eigenvalue weighted by Gasteiger charge is 2.22. The first-order valence-corrected chi connectivity index (χ1v) is 5.55. The SMILES string of the molecule is CCN(CC)[C@@H](CCCN=C(N)N)C(=O)O. The van der Waals surface area contributed by atoms with E-state index < -0.39 is 12.0 Å². The zero-order valence-corrected chi connectivity index (χ0v) is 10.0. The number of aliphatic carboxylic acids is 1. The molecule has 16 heavy (non-hydrogen) atoms. The van der Waals surface area contributed by atoms with Crippen LogP contribution in [-0.4, -0.2) is 47.6 Å². The van der Waals surface area contributed by atoms with E-state index in [1.807, 2.05) is 18.7 Å². The number of nitrogens with zero attached hydrogens (tertiary/aromatic N) is 2. The first-order chi connectivity index (χ1) is 7.52. The number of nitrogens with two attached hydrogens (primary N) is 2. The monoisotopic (exact) mass is 230 g/mol. The number of carboxylic acids is 1. The van der Waals surface area contributed by atoms with Gasteiger partial charge in [0.2, 0.25) is 0 Å². The summed E-state index contributed by atoms with van der Waals surface area (Å²) in [5.41, 5.74) is 10.4. The molecule has 6 nitrogen and oxygen atoms in total. The van der Waals surface area contributed by atoms with Crippen molar-refractivity contribution in [2.24, 2.45) is 16.5 Å². The van der Waals surface area contributed by atoms with E-state index in [9.17, 15) is 4.79 Å². The van der Waals surface area contributed by atoms with Crippen molar-refractivity contribution in [3.8, 4) is 0 Å². The van der Waals surface area contributed by atoms with Crippen molar-refractivity contribution < 1.29 is 9.90 Å². The van der Waals surface area contributed by atoms with Gasteiger partial charge in [-0.1, -0.05) is 13.8 Å². The van der Waals surface area contributed by atoms with Crippen molar-refractivity contribution in [2.45, 2.75) is 32.7 Å². The second kappa shape index (κ2) is 7.92. The van der Waals surface area contributed by atoms with Gasteiger partial charge in [-0.15, -0.1) is 0 Å². The average Bonchev–Trinajstić information content (AvgIpc) is 2.22. The van der Waals surface area contributed by atoms with E-state index in [1.54, 1.807) is 0 Å². The highest BCUT2D eigenvalue weighted by atomic mass is 16.4.